The number of aromatic nitrogens is 1. The zero-order valence-corrected chi connectivity index (χ0v) is 13.2. The summed E-state index contributed by atoms with van der Waals surface area (Å²) in [5.74, 6) is -0.145. The molecule has 8 heteroatoms. The molecule has 1 rings (SSSR count). The summed E-state index contributed by atoms with van der Waals surface area (Å²) in [7, 11) is -2.24. The van der Waals surface area contributed by atoms with Crippen LogP contribution in [-0.4, -0.2) is 37.2 Å². The van der Waals surface area contributed by atoms with E-state index in [-0.39, 0.29) is 29.0 Å². The molecule has 1 unspecified atom stereocenters. The third kappa shape index (κ3) is 5.14. The number of nitrogens with zero attached hydrogens (tertiary/aromatic N) is 1. The Bertz CT molecular complexity index is 574. The van der Waals surface area contributed by atoms with E-state index in [2.05, 4.69) is 5.32 Å². The van der Waals surface area contributed by atoms with E-state index in [1.807, 2.05) is 6.92 Å². The molecule has 4 N–H and O–H groups in total. The largest absolute Gasteiger partial charge is 0.396 e. The average molecular weight is 317 g/mol. The van der Waals surface area contributed by atoms with Crippen molar-refractivity contribution in [3.63, 3.8) is 0 Å². The van der Waals surface area contributed by atoms with Gasteiger partial charge in [-0.3, -0.25) is 4.79 Å². The number of sulfonamides is 1. The highest BCUT2D eigenvalue weighted by atomic mass is 32.2. The predicted octanol–water partition coefficient (Wildman–Crippen LogP) is 0.201. The first-order valence-electron chi connectivity index (χ1n) is 6.87. The molecule has 1 atom stereocenters. The molecule has 0 radical (unpaired) electrons. The Balaban J connectivity index is 2.74. The minimum atomic E-state index is -3.82. The van der Waals surface area contributed by atoms with Gasteiger partial charge in [0.15, 0.2) is 0 Å². The third-order valence-corrected chi connectivity index (χ3v) is 4.21. The lowest BCUT2D eigenvalue weighted by molar-refractivity contribution is 0.0934. The number of hydrogen-bond donors (Lipinski definition) is 3. The summed E-state index contributed by atoms with van der Waals surface area (Å²) >= 11 is 0. The number of aliphatic hydroxyl groups excluding tert-OH is 1. The van der Waals surface area contributed by atoms with Gasteiger partial charge in [0.2, 0.25) is 10.0 Å². The maximum atomic E-state index is 12.1. The molecule has 1 aromatic heterocycles. The van der Waals surface area contributed by atoms with Gasteiger partial charge in [0.25, 0.3) is 5.91 Å². The van der Waals surface area contributed by atoms with Gasteiger partial charge in [0, 0.05) is 26.4 Å². The van der Waals surface area contributed by atoms with Crippen molar-refractivity contribution in [3.8, 4) is 0 Å². The molecule has 1 aromatic rings. The Morgan fingerprint density at radius 1 is 1.48 bits per heavy atom. The fraction of sp³-hybridized carbons (Fsp3) is 0.615. The number of carbonyl (C=O) groups is 1. The molecule has 0 spiro atoms. The number of primary sulfonamides is 1. The molecule has 0 bridgehead atoms. The van der Waals surface area contributed by atoms with Crippen LogP contribution in [0.15, 0.2) is 17.2 Å². The van der Waals surface area contributed by atoms with Crippen LogP contribution in [0.25, 0.3) is 0 Å². The van der Waals surface area contributed by atoms with Crippen LogP contribution in [0.1, 0.15) is 36.7 Å². The summed E-state index contributed by atoms with van der Waals surface area (Å²) in [4.78, 5) is 12.0. The highest BCUT2D eigenvalue weighted by Crippen LogP contribution is 2.13. The van der Waals surface area contributed by atoms with Crippen LogP contribution in [-0.2, 0) is 17.1 Å². The van der Waals surface area contributed by atoms with Crippen molar-refractivity contribution in [2.24, 2.45) is 18.1 Å². The van der Waals surface area contributed by atoms with E-state index in [1.54, 1.807) is 7.05 Å². The number of nitrogens with one attached hydrogen (secondary N) is 1. The van der Waals surface area contributed by atoms with Gasteiger partial charge in [-0.15, -0.1) is 0 Å². The molecular formula is C13H23N3O4S. The van der Waals surface area contributed by atoms with E-state index in [9.17, 15) is 13.2 Å². The Hall–Kier alpha value is -1.38. The van der Waals surface area contributed by atoms with Crippen molar-refractivity contribution < 1.29 is 18.3 Å². The number of aryl methyl sites for hydroxylation is 1. The molecule has 1 amide bonds. The van der Waals surface area contributed by atoms with E-state index < -0.39 is 10.0 Å². The Morgan fingerprint density at radius 3 is 2.62 bits per heavy atom. The molecule has 0 aliphatic carbocycles. The maximum Gasteiger partial charge on any atom is 0.267 e. The Labute approximate surface area is 125 Å². The standard InChI is InChI=1S/C13H23N3O4S/c1-3-4-10(5-6-17)8-15-13(18)12-7-11(9-16(12)2)21(14,19)20/h7,9-10,17H,3-6,8H2,1-2H3,(H,15,18)(H2,14,19,20). The molecule has 120 valence electrons. The lowest BCUT2D eigenvalue weighted by atomic mass is 10.0. The van der Waals surface area contributed by atoms with Crippen LogP contribution in [0.4, 0.5) is 0 Å². The van der Waals surface area contributed by atoms with E-state index >= 15 is 0 Å². The van der Waals surface area contributed by atoms with Crippen LogP contribution in [0.5, 0.6) is 0 Å². The van der Waals surface area contributed by atoms with Gasteiger partial charge in [-0.2, -0.15) is 0 Å². The molecule has 1 heterocycles. The van der Waals surface area contributed by atoms with Gasteiger partial charge in [0.1, 0.15) is 10.6 Å². The smallest absolute Gasteiger partial charge is 0.267 e. The van der Waals surface area contributed by atoms with Crippen LogP contribution >= 0.6 is 0 Å². The summed E-state index contributed by atoms with van der Waals surface area (Å²) < 4.78 is 24.0. The Morgan fingerprint density at radius 2 is 2.14 bits per heavy atom. The van der Waals surface area contributed by atoms with Gasteiger partial charge >= 0.3 is 0 Å². The van der Waals surface area contributed by atoms with Gasteiger partial charge < -0.3 is 15.0 Å². The third-order valence-electron chi connectivity index (χ3n) is 3.33. The molecule has 0 aliphatic heterocycles. The summed E-state index contributed by atoms with van der Waals surface area (Å²) in [5, 5.41) is 16.8. The quantitative estimate of drug-likeness (QED) is 0.635. The molecule has 7 nitrogen and oxygen atoms in total. The fourth-order valence-corrected chi connectivity index (χ4v) is 2.76. The van der Waals surface area contributed by atoms with Gasteiger partial charge in [-0.1, -0.05) is 13.3 Å². The summed E-state index contributed by atoms with van der Waals surface area (Å²) in [6.07, 6.45) is 3.82. The van der Waals surface area contributed by atoms with Gasteiger partial charge in [-0.25, -0.2) is 13.6 Å². The summed E-state index contributed by atoms with van der Waals surface area (Å²) in [6.45, 7) is 2.57. The highest BCUT2D eigenvalue weighted by molar-refractivity contribution is 7.89. The van der Waals surface area contributed by atoms with Crippen molar-refractivity contribution >= 4 is 15.9 Å². The second kappa shape index (κ2) is 7.58. The Kier molecular flexibility index (Phi) is 6.38. The van der Waals surface area contributed by atoms with Gasteiger partial charge in [-0.05, 0) is 24.8 Å². The van der Waals surface area contributed by atoms with E-state index in [0.717, 1.165) is 12.8 Å². The van der Waals surface area contributed by atoms with E-state index in [1.165, 1.54) is 16.8 Å². The van der Waals surface area contributed by atoms with Crippen LogP contribution in [0.2, 0.25) is 0 Å². The minimum absolute atomic E-state index is 0.0836. The minimum Gasteiger partial charge on any atom is -0.396 e. The monoisotopic (exact) mass is 317 g/mol. The zero-order chi connectivity index (χ0) is 16.0. The van der Waals surface area contributed by atoms with E-state index in [0.29, 0.717) is 13.0 Å². The topological polar surface area (TPSA) is 114 Å². The number of aliphatic hydroxyl groups is 1. The predicted molar refractivity (Wildman–Crippen MR) is 79.2 cm³/mol. The van der Waals surface area contributed by atoms with Crippen molar-refractivity contribution in [1.29, 1.82) is 0 Å². The first kappa shape index (κ1) is 17.7. The summed E-state index contributed by atoms with van der Waals surface area (Å²) in [5.41, 5.74) is 0.235. The summed E-state index contributed by atoms with van der Waals surface area (Å²) in [6, 6.07) is 1.26. The fourth-order valence-electron chi connectivity index (χ4n) is 2.18. The second-order valence-corrected chi connectivity index (χ2v) is 6.66. The van der Waals surface area contributed by atoms with Crippen molar-refractivity contribution in [3.05, 3.63) is 18.0 Å². The molecule has 0 fully saturated rings. The second-order valence-electron chi connectivity index (χ2n) is 5.09. The number of amides is 1. The highest BCUT2D eigenvalue weighted by Gasteiger charge is 2.18. The first-order valence-corrected chi connectivity index (χ1v) is 8.42. The zero-order valence-electron chi connectivity index (χ0n) is 12.4. The molecular weight excluding hydrogens is 294 g/mol. The van der Waals surface area contributed by atoms with Crippen LogP contribution < -0.4 is 10.5 Å². The van der Waals surface area contributed by atoms with Crippen molar-refractivity contribution in [1.82, 2.24) is 9.88 Å². The van der Waals surface area contributed by atoms with Crippen LogP contribution in [0.3, 0.4) is 0 Å². The molecule has 0 aromatic carbocycles. The average Bonchev–Trinajstić information content (AvgIpc) is 2.78. The lowest BCUT2D eigenvalue weighted by Gasteiger charge is -2.15. The molecule has 0 aliphatic rings. The SMILES string of the molecule is CCCC(CCO)CNC(=O)c1cc(S(N)(=O)=O)cn1C. The normalized spacial score (nSPS) is 13.1. The first-order chi connectivity index (χ1) is 9.79. The van der Waals surface area contributed by atoms with Crippen molar-refractivity contribution in [2.75, 3.05) is 13.2 Å². The van der Waals surface area contributed by atoms with E-state index in [4.69, 9.17) is 10.2 Å². The van der Waals surface area contributed by atoms with Crippen LogP contribution in [0, 0.1) is 5.92 Å². The molecule has 21 heavy (non-hydrogen) atoms. The maximum absolute atomic E-state index is 12.1. The molecule has 0 saturated heterocycles. The molecule has 0 saturated carbocycles. The number of hydrogen-bond acceptors (Lipinski definition) is 4. The van der Waals surface area contributed by atoms with Crippen molar-refractivity contribution in [2.45, 2.75) is 31.1 Å². The van der Waals surface area contributed by atoms with Gasteiger partial charge in [0.05, 0.1) is 0 Å². The lowest BCUT2D eigenvalue weighted by Crippen LogP contribution is -2.31. The number of rotatable bonds is 8. The number of carbonyl (C=O) groups excluding carboxylic acids is 1. The number of nitrogens with two attached hydrogens (primary N) is 1.